The molecule has 84 valence electrons. The highest BCUT2D eigenvalue weighted by Gasteiger charge is 2.14. The van der Waals surface area contributed by atoms with Crippen LogP contribution < -0.4 is 10.5 Å². The van der Waals surface area contributed by atoms with E-state index in [-0.39, 0.29) is 11.8 Å². The van der Waals surface area contributed by atoms with Crippen molar-refractivity contribution in [2.45, 2.75) is 12.8 Å². The van der Waals surface area contributed by atoms with Gasteiger partial charge >= 0.3 is 0 Å². The molecule has 0 aliphatic rings. The van der Waals surface area contributed by atoms with E-state index < -0.39 is 0 Å². The van der Waals surface area contributed by atoms with Crippen LogP contribution in [0.25, 0.3) is 10.1 Å². The monoisotopic (exact) mass is 236 g/mol. The lowest BCUT2D eigenvalue weighted by molar-refractivity contribution is -0.119. The highest BCUT2D eigenvalue weighted by molar-refractivity contribution is 7.13. The summed E-state index contributed by atoms with van der Waals surface area (Å²) < 4.78 is 10.3. The summed E-state index contributed by atoms with van der Waals surface area (Å²) in [5, 5.41) is 0.929. The quantitative estimate of drug-likeness (QED) is 0.885. The van der Waals surface area contributed by atoms with Gasteiger partial charge in [-0.1, -0.05) is 6.07 Å². The second-order valence-corrected chi connectivity index (χ2v) is 4.38. The molecule has 0 saturated heterocycles. The van der Waals surface area contributed by atoms with Crippen LogP contribution in [0.1, 0.15) is 18.4 Å². The molecule has 0 saturated carbocycles. The molecule has 0 bridgehead atoms. The average molecular weight is 236 g/mol. The van der Waals surface area contributed by atoms with E-state index in [9.17, 15) is 4.79 Å². The molecule has 16 heavy (non-hydrogen) atoms. The molecule has 1 aromatic carbocycles. The maximum atomic E-state index is 11.1. The van der Waals surface area contributed by atoms with Gasteiger partial charge in [0.2, 0.25) is 11.8 Å². The average Bonchev–Trinajstić information content (AvgIpc) is 2.69. The minimum Gasteiger partial charge on any atom is -0.480 e. The minimum absolute atomic E-state index is 0.297. The molecule has 0 unspecified atom stereocenters. The third kappa shape index (κ3) is 1.74. The number of primary amides is 1. The highest BCUT2D eigenvalue weighted by atomic mass is 32.1. The zero-order chi connectivity index (χ0) is 11.7. The summed E-state index contributed by atoms with van der Waals surface area (Å²) in [5.74, 6) is -0.0333. The summed E-state index contributed by atoms with van der Waals surface area (Å²) in [6, 6.07) is 5.74. The number of hydrogen-bond donors (Lipinski definition) is 1. The first-order chi connectivity index (χ1) is 7.63. The number of benzene rings is 1. The summed E-state index contributed by atoms with van der Waals surface area (Å²) in [7, 11) is 1.58. The Bertz CT molecular complexity index is 536. The van der Waals surface area contributed by atoms with Crippen molar-refractivity contribution in [3.8, 4) is 5.88 Å². The van der Waals surface area contributed by atoms with Crippen LogP contribution >= 0.6 is 11.5 Å². The molecule has 0 aliphatic carbocycles. The molecular weight excluding hydrogens is 224 g/mol. The van der Waals surface area contributed by atoms with Gasteiger partial charge < -0.3 is 10.5 Å². The number of ether oxygens (including phenoxy) is 1. The van der Waals surface area contributed by atoms with Crippen molar-refractivity contribution >= 4 is 27.5 Å². The highest BCUT2D eigenvalue weighted by Crippen LogP contribution is 2.31. The van der Waals surface area contributed by atoms with Crippen LogP contribution in [0.2, 0.25) is 0 Å². The lowest BCUT2D eigenvalue weighted by atomic mass is 10.00. The smallest absolute Gasteiger partial charge is 0.232 e. The standard InChI is InChI=1S/C11H12N2O2S/c1-6(10(12)14)7-3-4-9-8(5-7)11(15-2)13-16-9/h3-6H,1-2H3,(H2,12,14)/t6-/m0/s1. The van der Waals surface area contributed by atoms with Crippen LogP contribution in [0.4, 0.5) is 0 Å². The van der Waals surface area contributed by atoms with Crippen LogP contribution in [0.15, 0.2) is 18.2 Å². The Hall–Kier alpha value is -1.62. The number of nitrogens with zero attached hydrogens (tertiary/aromatic N) is 1. The van der Waals surface area contributed by atoms with E-state index >= 15 is 0 Å². The predicted octanol–water partition coefficient (Wildman–Crippen LogP) is 1.89. The minimum atomic E-state index is -0.332. The van der Waals surface area contributed by atoms with E-state index in [2.05, 4.69) is 4.37 Å². The van der Waals surface area contributed by atoms with Gasteiger partial charge in [-0.2, -0.15) is 4.37 Å². The zero-order valence-corrected chi connectivity index (χ0v) is 9.88. The molecule has 1 amide bonds. The molecule has 0 fully saturated rings. The van der Waals surface area contributed by atoms with E-state index in [0.717, 1.165) is 15.6 Å². The summed E-state index contributed by atoms with van der Waals surface area (Å²) in [6.45, 7) is 1.79. The molecule has 1 heterocycles. The predicted molar refractivity (Wildman–Crippen MR) is 63.8 cm³/mol. The number of carbonyl (C=O) groups excluding carboxylic acids is 1. The van der Waals surface area contributed by atoms with Crippen molar-refractivity contribution in [1.82, 2.24) is 4.37 Å². The Kier molecular flexibility index (Phi) is 2.78. The Morgan fingerprint density at radius 2 is 2.31 bits per heavy atom. The number of aromatic nitrogens is 1. The van der Waals surface area contributed by atoms with Crippen LogP contribution in [0.5, 0.6) is 5.88 Å². The van der Waals surface area contributed by atoms with E-state index in [0.29, 0.717) is 5.88 Å². The van der Waals surface area contributed by atoms with E-state index in [4.69, 9.17) is 10.5 Å². The number of hydrogen-bond acceptors (Lipinski definition) is 4. The van der Waals surface area contributed by atoms with Gasteiger partial charge in [-0.3, -0.25) is 4.79 Å². The van der Waals surface area contributed by atoms with Crippen molar-refractivity contribution in [1.29, 1.82) is 0 Å². The normalized spacial score (nSPS) is 12.6. The fourth-order valence-electron chi connectivity index (χ4n) is 1.51. The number of amides is 1. The topological polar surface area (TPSA) is 65.2 Å². The summed E-state index contributed by atoms with van der Waals surface area (Å²) in [4.78, 5) is 11.1. The largest absolute Gasteiger partial charge is 0.480 e. The molecule has 2 rings (SSSR count). The fraction of sp³-hybridized carbons (Fsp3) is 0.273. The van der Waals surface area contributed by atoms with E-state index in [1.807, 2.05) is 18.2 Å². The molecule has 0 spiro atoms. The second-order valence-electron chi connectivity index (χ2n) is 3.57. The molecule has 1 atom stereocenters. The Labute approximate surface area is 97.2 Å². The van der Waals surface area contributed by atoms with Crippen LogP contribution in [0.3, 0.4) is 0 Å². The number of methoxy groups -OCH3 is 1. The number of carbonyl (C=O) groups is 1. The molecule has 2 N–H and O–H groups in total. The summed E-state index contributed by atoms with van der Waals surface area (Å²) in [5.41, 5.74) is 6.16. The molecule has 1 aromatic heterocycles. The van der Waals surface area contributed by atoms with Gasteiger partial charge in [-0.25, -0.2) is 0 Å². The van der Waals surface area contributed by atoms with Crippen molar-refractivity contribution in [2.24, 2.45) is 5.73 Å². The van der Waals surface area contributed by atoms with Gasteiger partial charge in [0.1, 0.15) is 0 Å². The maximum absolute atomic E-state index is 11.1. The number of nitrogens with two attached hydrogens (primary N) is 1. The van der Waals surface area contributed by atoms with E-state index in [1.165, 1.54) is 11.5 Å². The molecular formula is C11H12N2O2S. The first-order valence-electron chi connectivity index (χ1n) is 4.86. The summed E-state index contributed by atoms with van der Waals surface area (Å²) in [6.07, 6.45) is 0. The van der Waals surface area contributed by atoms with Gasteiger partial charge in [-0.05, 0) is 36.2 Å². The summed E-state index contributed by atoms with van der Waals surface area (Å²) >= 11 is 1.38. The lowest BCUT2D eigenvalue weighted by Crippen LogP contribution is -2.18. The van der Waals surface area contributed by atoms with Crippen molar-refractivity contribution < 1.29 is 9.53 Å². The van der Waals surface area contributed by atoms with Gasteiger partial charge in [0, 0.05) is 0 Å². The zero-order valence-electron chi connectivity index (χ0n) is 9.06. The third-order valence-corrected chi connectivity index (χ3v) is 3.39. The SMILES string of the molecule is COc1nsc2ccc([C@H](C)C(N)=O)cc12. The fourth-order valence-corrected chi connectivity index (χ4v) is 2.24. The Morgan fingerprint density at radius 1 is 1.56 bits per heavy atom. The van der Waals surface area contributed by atoms with Gasteiger partial charge in [0.25, 0.3) is 0 Å². The van der Waals surface area contributed by atoms with Crippen LogP contribution in [-0.2, 0) is 4.79 Å². The Balaban J connectivity index is 2.53. The number of rotatable bonds is 3. The lowest BCUT2D eigenvalue weighted by Gasteiger charge is -2.07. The maximum Gasteiger partial charge on any atom is 0.232 e. The van der Waals surface area contributed by atoms with Gasteiger partial charge in [0.15, 0.2) is 0 Å². The van der Waals surface area contributed by atoms with E-state index in [1.54, 1.807) is 14.0 Å². The van der Waals surface area contributed by atoms with Crippen LogP contribution in [0, 0.1) is 0 Å². The van der Waals surface area contributed by atoms with Crippen molar-refractivity contribution in [3.63, 3.8) is 0 Å². The molecule has 4 nitrogen and oxygen atoms in total. The number of fused-ring (bicyclic) bond motifs is 1. The first kappa shape index (κ1) is 10.9. The molecule has 0 aliphatic heterocycles. The Morgan fingerprint density at radius 3 is 2.94 bits per heavy atom. The molecule has 0 radical (unpaired) electrons. The van der Waals surface area contributed by atoms with Gasteiger partial charge in [0.05, 0.1) is 23.1 Å². The van der Waals surface area contributed by atoms with Crippen molar-refractivity contribution in [2.75, 3.05) is 7.11 Å². The van der Waals surface area contributed by atoms with Gasteiger partial charge in [-0.15, -0.1) is 0 Å². The van der Waals surface area contributed by atoms with Crippen molar-refractivity contribution in [3.05, 3.63) is 23.8 Å². The second kappa shape index (κ2) is 4.09. The first-order valence-corrected chi connectivity index (χ1v) is 5.63. The molecule has 5 heteroatoms. The molecule has 2 aromatic rings. The third-order valence-electron chi connectivity index (χ3n) is 2.58. The van der Waals surface area contributed by atoms with Crippen LogP contribution in [-0.4, -0.2) is 17.4 Å².